The van der Waals surface area contributed by atoms with E-state index in [9.17, 15) is 0 Å². The van der Waals surface area contributed by atoms with Gasteiger partial charge >= 0.3 is 0 Å². The van der Waals surface area contributed by atoms with E-state index in [0.717, 1.165) is 48.2 Å². The quantitative estimate of drug-likeness (QED) is 0.557. The molecule has 0 aliphatic carbocycles. The Balaban J connectivity index is 1.99. The van der Waals surface area contributed by atoms with Gasteiger partial charge in [0.15, 0.2) is 5.96 Å². The fourth-order valence-corrected chi connectivity index (χ4v) is 3.26. The molecule has 0 atom stereocenters. The molecule has 28 heavy (non-hydrogen) atoms. The standard InChI is InChI=1S/C21H33N5O2/c1-15(2)20-17(14-26(5)24-20)13-25(4)21(22-3)23-11-10-16-12-18(27-6)8-9-19(16)28-7/h8-9,12,14-15H,10-11,13H2,1-7H3,(H,22,23). The number of aliphatic imine (C=N–C) groups is 1. The minimum absolute atomic E-state index is 0.389. The Labute approximate surface area is 168 Å². The second-order valence-electron chi connectivity index (χ2n) is 7.13. The number of ether oxygens (including phenoxy) is 2. The molecule has 7 nitrogen and oxygen atoms in total. The van der Waals surface area contributed by atoms with Crippen LogP contribution in [-0.2, 0) is 20.0 Å². The summed E-state index contributed by atoms with van der Waals surface area (Å²) in [4.78, 5) is 6.54. The van der Waals surface area contributed by atoms with Crippen LogP contribution in [0, 0.1) is 0 Å². The van der Waals surface area contributed by atoms with Gasteiger partial charge < -0.3 is 19.7 Å². The van der Waals surface area contributed by atoms with Crippen molar-refractivity contribution < 1.29 is 9.47 Å². The van der Waals surface area contributed by atoms with Crippen molar-refractivity contribution in [3.8, 4) is 11.5 Å². The van der Waals surface area contributed by atoms with Crippen molar-refractivity contribution in [1.82, 2.24) is 20.0 Å². The minimum atomic E-state index is 0.389. The van der Waals surface area contributed by atoms with Crippen LogP contribution in [0.3, 0.4) is 0 Å². The highest BCUT2D eigenvalue weighted by molar-refractivity contribution is 5.79. The zero-order valence-corrected chi connectivity index (χ0v) is 18.1. The summed E-state index contributed by atoms with van der Waals surface area (Å²) in [6, 6.07) is 5.85. The smallest absolute Gasteiger partial charge is 0.193 e. The third-order valence-electron chi connectivity index (χ3n) is 4.63. The van der Waals surface area contributed by atoms with Crippen LogP contribution in [0.15, 0.2) is 29.4 Å². The van der Waals surface area contributed by atoms with Crippen molar-refractivity contribution in [2.75, 3.05) is 34.9 Å². The summed E-state index contributed by atoms with van der Waals surface area (Å²) in [6.07, 6.45) is 2.89. The number of nitrogens with one attached hydrogen (secondary N) is 1. The van der Waals surface area contributed by atoms with E-state index in [1.54, 1.807) is 21.3 Å². The fraction of sp³-hybridized carbons (Fsp3) is 0.524. The Hall–Kier alpha value is -2.70. The molecule has 0 aliphatic rings. The normalized spacial score (nSPS) is 11.6. The Morgan fingerprint density at radius 2 is 2.00 bits per heavy atom. The third-order valence-corrected chi connectivity index (χ3v) is 4.63. The van der Waals surface area contributed by atoms with Crippen LogP contribution in [-0.4, -0.2) is 55.5 Å². The molecule has 0 saturated heterocycles. The van der Waals surface area contributed by atoms with Crippen LogP contribution in [0.5, 0.6) is 11.5 Å². The number of hydrogen-bond donors (Lipinski definition) is 1. The molecule has 0 radical (unpaired) electrons. The number of aryl methyl sites for hydroxylation is 1. The molecule has 1 aromatic carbocycles. The second-order valence-corrected chi connectivity index (χ2v) is 7.13. The zero-order chi connectivity index (χ0) is 20.7. The Morgan fingerprint density at radius 3 is 2.61 bits per heavy atom. The molecule has 154 valence electrons. The highest BCUT2D eigenvalue weighted by Gasteiger charge is 2.15. The summed E-state index contributed by atoms with van der Waals surface area (Å²) in [5.41, 5.74) is 3.45. The van der Waals surface area contributed by atoms with Crippen molar-refractivity contribution >= 4 is 5.96 Å². The van der Waals surface area contributed by atoms with Gasteiger partial charge in [0.2, 0.25) is 0 Å². The number of methoxy groups -OCH3 is 2. The van der Waals surface area contributed by atoms with Crippen LogP contribution in [0.2, 0.25) is 0 Å². The number of guanidine groups is 1. The molecule has 0 saturated carbocycles. The Bertz CT molecular complexity index is 798. The molecule has 1 heterocycles. The predicted molar refractivity (Wildman–Crippen MR) is 113 cm³/mol. The first-order valence-corrected chi connectivity index (χ1v) is 9.54. The van der Waals surface area contributed by atoms with Gasteiger partial charge in [-0.2, -0.15) is 5.10 Å². The number of aromatic nitrogens is 2. The fourth-order valence-electron chi connectivity index (χ4n) is 3.26. The van der Waals surface area contributed by atoms with Gasteiger partial charge in [0, 0.05) is 46.0 Å². The monoisotopic (exact) mass is 387 g/mol. The van der Waals surface area contributed by atoms with E-state index in [1.807, 2.05) is 37.0 Å². The molecule has 1 N–H and O–H groups in total. The Morgan fingerprint density at radius 1 is 1.25 bits per heavy atom. The first kappa shape index (κ1) is 21.6. The van der Waals surface area contributed by atoms with Gasteiger partial charge in [-0.3, -0.25) is 9.67 Å². The first-order valence-electron chi connectivity index (χ1n) is 9.54. The summed E-state index contributed by atoms with van der Waals surface area (Å²) < 4.78 is 12.7. The minimum Gasteiger partial charge on any atom is -0.497 e. The van der Waals surface area contributed by atoms with Crippen LogP contribution < -0.4 is 14.8 Å². The zero-order valence-electron chi connectivity index (χ0n) is 18.1. The second kappa shape index (κ2) is 10.0. The lowest BCUT2D eigenvalue weighted by molar-refractivity contribution is 0.398. The Kier molecular flexibility index (Phi) is 7.72. The molecule has 0 spiro atoms. The summed E-state index contributed by atoms with van der Waals surface area (Å²) in [6.45, 7) is 5.83. The van der Waals surface area contributed by atoms with E-state index in [1.165, 1.54) is 5.56 Å². The molecule has 0 fully saturated rings. The molecule has 2 aromatic rings. The summed E-state index contributed by atoms with van der Waals surface area (Å²) >= 11 is 0. The van der Waals surface area contributed by atoms with Crippen LogP contribution in [0.4, 0.5) is 0 Å². The lowest BCUT2D eigenvalue weighted by atomic mass is 10.1. The van der Waals surface area contributed by atoms with Crippen LogP contribution >= 0.6 is 0 Å². The maximum absolute atomic E-state index is 5.46. The molecule has 0 unspecified atom stereocenters. The van der Waals surface area contributed by atoms with Crippen LogP contribution in [0.25, 0.3) is 0 Å². The van der Waals surface area contributed by atoms with E-state index in [4.69, 9.17) is 9.47 Å². The van der Waals surface area contributed by atoms with E-state index < -0.39 is 0 Å². The van der Waals surface area contributed by atoms with Crippen molar-refractivity contribution in [2.24, 2.45) is 12.0 Å². The van der Waals surface area contributed by atoms with Crippen molar-refractivity contribution in [3.05, 3.63) is 41.2 Å². The molecule has 2 rings (SSSR count). The summed E-state index contributed by atoms with van der Waals surface area (Å²) in [5, 5.41) is 8.02. The lowest BCUT2D eigenvalue weighted by Crippen LogP contribution is -2.39. The molecule has 7 heteroatoms. The third kappa shape index (κ3) is 5.41. The van der Waals surface area contributed by atoms with E-state index in [2.05, 4.69) is 40.4 Å². The average Bonchev–Trinajstić information content (AvgIpc) is 3.05. The van der Waals surface area contributed by atoms with Crippen LogP contribution in [0.1, 0.15) is 36.6 Å². The van der Waals surface area contributed by atoms with Crippen molar-refractivity contribution in [3.63, 3.8) is 0 Å². The van der Waals surface area contributed by atoms with E-state index in [0.29, 0.717) is 5.92 Å². The highest BCUT2D eigenvalue weighted by atomic mass is 16.5. The SMILES string of the molecule is CN=C(NCCc1cc(OC)ccc1OC)N(C)Cc1cn(C)nc1C(C)C. The first-order chi connectivity index (χ1) is 13.4. The van der Waals surface area contributed by atoms with Gasteiger partial charge in [-0.1, -0.05) is 13.8 Å². The molecule has 0 amide bonds. The predicted octanol–water partition coefficient (Wildman–Crippen LogP) is 2.81. The highest BCUT2D eigenvalue weighted by Crippen LogP contribution is 2.24. The van der Waals surface area contributed by atoms with Gasteiger partial charge in [0.25, 0.3) is 0 Å². The van der Waals surface area contributed by atoms with Gasteiger partial charge in [-0.05, 0) is 36.1 Å². The van der Waals surface area contributed by atoms with Gasteiger partial charge in [-0.25, -0.2) is 0 Å². The maximum Gasteiger partial charge on any atom is 0.193 e. The molecule has 0 bridgehead atoms. The lowest BCUT2D eigenvalue weighted by Gasteiger charge is -2.22. The molecule has 1 aromatic heterocycles. The largest absolute Gasteiger partial charge is 0.497 e. The number of hydrogen-bond acceptors (Lipinski definition) is 4. The molecule has 0 aliphatic heterocycles. The average molecular weight is 388 g/mol. The topological polar surface area (TPSA) is 63.9 Å². The molecular weight excluding hydrogens is 354 g/mol. The maximum atomic E-state index is 5.46. The van der Waals surface area contributed by atoms with Crippen molar-refractivity contribution in [2.45, 2.75) is 32.7 Å². The summed E-state index contributed by atoms with van der Waals surface area (Å²) in [5.74, 6) is 2.93. The number of benzene rings is 1. The molecular formula is C21H33N5O2. The number of nitrogens with zero attached hydrogens (tertiary/aromatic N) is 4. The number of rotatable bonds is 8. The van der Waals surface area contributed by atoms with Gasteiger partial charge in [0.05, 0.1) is 19.9 Å². The van der Waals surface area contributed by atoms with Gasteiger partial charge in [0.1, 0.15) is 11.5 Å². The summed E-state index contributed by atoms with van der Waals surface area (Å²) in [7, 11) is 9.16. The van der Waals surface area contributed by atoms with Crippen molar-refractivity contribution in [1.29, 1.82) is 0 Å². The van der Waals surface area contributed by atoms with Gasteiger partial charge in [-0.15, -0.1) is 0 Å². The van der Waals surface area contributed by atoms with E-state index >= 15 is 0 Å². The van der Waals surface area contributed by atoms with E-state index in [-0.39, 0.29) is 0 Å².